The molecule has 0 bridgehead atoms. The molecule has 0 atom stereocenters. The summed E-state index contributed by atoms with van der Waals surface area (Å²) in [4.78, 5) is 6.82. The predicted molar refractivity (Wildman–Crippen MR) is 84.9 cm³/mol. The number of aryl methyl sites for hydroxylation is 1. The van der Waals surface area contributed by atoms with Gasteiger partial charge in [0.15, 0.2) is 0 Å². The monoisotopic (exact) mass is 341 g/mol. The van der Waals surface area contributed by atoms with E-state index >= 15 is 0 Å². The number of fused-ring (bicyclic) bond motifs is 1. The van der Waals surface area contributed by atoms with Crippen LogP contribution in [-0.4, -0.2) is 41.3 Å². The quantitative estimate of drug-likeness (QED) is 0.839. The number of aromatic nitrogens is 3. The zero-order chi connectivity index (χ0) is 15.7. The van der Waals surface area contributed by atoms with Crippen LogP contribution in [0.4, 0.5) is 0 Å². The Hall–Kier alpha value is -1.29. The van der Waals surface area contributed by atoms with Crippen LogP contribution < -0.4 is 4.72 Å². The Labute approximate surface area is 133 Å². The van der Waals surface area contributed by atoms with Gasteiger partial charge < -0.3 is 0 Å². The summed E-state index contributed by atoms with van der Waals surface area (Å²) in [5, 5.41) is 10.5. The number of thiazole rings is 1. The molecule has 0 radical (unpaired) electrons. The standard InChI is InChI=1S/C13H19N5O2S2/c1-9-15-10(8-21-9)6-18-4-3-11-12(5-14-22(2,19)20)16-17-13(11)7-18/h8,14H,3-7H2,1-2H3,(H,16,17). The zero-order valence-corrected chi connectivity index (χ0v) is 14.2. The molecule has 0 amide bonds. The van der Waals surface area contributed by atoms with Gasteiger partial charge in [-0.1, -0.05) is 0 Å². The molecule has 0 saturated carbocycles. The van der Waals surface area contributed by atoms with Gasteiger partial charge in [-0.15, -0.1) is 11.3 Å². The van der Waals surface area contributed by atoms with E-state index < -0.39 is 10.0 Å². The van der Waals surface area contributed by atoms with Gasteiger partial charge in [-0.05, 0) is 13.3 Å². The van der Waals surface area contributed by atoms with Gasteiger partial charge in [0.05, 0.1) is 34.9 Å². The second kappa shape index (κ2) is 6.07. The molecule has 1 aliphatic heterocycles. The van der Waals surface area contributed by atoms with Crippen molar-refractivity contribution in [3.63, 3.8) is 0 Å². The average Bonchev–Trinajstić information content (AvgIpc) is 3.02. The Kier molecular flexibility index (Phi) is 4.31. The summed E-state index contributed by atoms with van der Waals surface area (Å²) in [6.07, 6.45) is 2.03. The van der Waals surface area contributed by atoms with E-state index in [1.54, 1.807) is 11.3 Å². The third-order valence-electron chi connectivity index (χ3n) is 3.65. The highest BCUT2D eigenvalue weighted by atomic mass is 32.2. The van der Waals surface area contributed by atoms with Gasteiger partial charge in [0, 0.05) is 30.6 Å². The molecule has 2 aromatic heterocycles. The summed E-state index contributed by atoms with van der Waals surface area (Å²) < 4.78 is 24.9. The van der Waals surface area contributed by atoms with Crippen molar-refractivity contribution in [2.75, 3.05) is 12.8 Å². The van der Waals surface area contributed by atoms with E-state index in [4.69, 9.17) is 0 Å². The highest BCUT2D eigenvalue weighted by Crippen LogP contribution is 2.22. The van der Waals surface area contributed by atoms with Crippen molar-refractivity contribution >= 4 is 21.4 Å². The van der Waals surface area contributed by atoms with Crippen LogP contribution in [0.15, 0.2) is 5.38 Å². The van der Waals surface area contributed by atoms with Crippen molar-refractivity contribution in [3.05, 3.63) is 33.0 Å². The largest absolute Gasteiger partial charge is 0.291 e. The number of hydrogen-bond donors (Lipinski definition) is 2. The van der Waals surface area contributed by atoms with E-state index in [1.807, 2.05) is 6.92 Å². The Morgan fingerprint density at radius 2 is 2.32 bits per heavy atom. The maximum Gasteiger partial charge on any atom is 0.209 e. The van der Waals surface area contributed by atoms with Crippen molar-refractivity contribution in [2.24, 2.45) is 0 Å². The topological polar surface area (TPSA) is 91.0 Å². The maximum absolute atomic E-state index is 11.2. The molecule has 0 spiro atoms. The number of nitrogens with one attached hydrogen (secondary N) is 2. The third-order valence-corrected chi connectivity index (χ3v) is 5.14. The summed E-state index contributed by atoms with van der Waals surface area (Å²) in [6, 6.07) is 0. The number of sulfonamides is 1. The van der Waals surface area contributed by atoms with Gasteiger partial charge in [-0.25, -0.2) is 18.1 Å². The lowest BCUT2D eigenvalue weighted by atomic mass is 10.0. The van der Waals surface area contributed by atoms with Crippen molar-refractivity contribution in [1.29, 1.82) is 0 Å². The molecule has 120 valence electrons. The molecule has 7 nitrogen and oxygen atoms in total. The number of hydrogen-bond acceptors (Lipinski definition) is 6. The van der Waals surface area contributed by atoms with Gasteiger partial charge >= 0.3 is 0 Å². The molecule has 2 aromatic rings. The first-order chi connectivity index (χ1) is 10.4. The zero-order valence-electron chi connectivity index (χ0n) is 12.6. The maximum atomic E-state index is 11.2. The van der Waals surface area contributed by atoms with Gasteiger partial charge in [-0.2, -0.15) is 5.10 Å². The van der Waals surface area contributed by atoms with E-state index in [0.29, 0.717) is 0 Å². The van der Waals surface area contributed by atoms with Crippen LogP contribution in [0.1, 0.15) is 27.7 Å². The lowest BCUT2D eigenvalue weighted by Crippen LogP contribution is -2.30. The minimum absolute atomic E-state index is 0.246. The second-order valence-corrected chi connectivity index (χ2v) is 8.43. The van der Waals surface area contributed by atoms with Crippen molar-refractivity contribution in [1.82, 2.24) is 24.8 Å². The molecular weight excluding hydrogens is 322 g/mol. The fourth-order valence-electron chi connectivity index (χ4n) is 2.63. The molecule has 2 N–H and O–H groups in total. The van der Waals surface area contributed by atoms with Crippen molar-refractivity contribution in [2.45, 2.75) is 33.0 Å². The van der Waals surface area contributed by atoms with Gasteiger partial charge in [0.1, 0.15) is 0 Å². The van der Waals surface area contributed by atoms with Crippen LogP contribution in [0.25, 0.3) is 0 Å². The first kappa shape index (κ1) is 15.6. The SMILES string of the molecule is Cc1nc(CN2CCc3c(CNS(C)(=O)=O)n[nH]c3C2)cs1. The Morgan fingerprint density at radius 3 is 3.00 bits per heavy atom. The van der Waals surface area contributed by atoms with E-state index in [2.05, 4.69) is 30.2 Å². The Morgan fingerprint density at radius 1 is 1.50 bits per heavy atom. The highest BCUT2D eigenvalue weighted by Gasteiger charge is 2.22. The van der Waals surface area contributed by atoms with Crippen LogP contribution in [0.2, 0.25) is 0 Å². The van der Waals surface area contributed by atoms with Crippen LogP contribution in [0.3, 0.4) is 0 Å². The summed E-state index contributed by atoms with van der Waals surface area (Å²) in [5.74, 6) is 0. The van der Waals surface area contributed by atoms with E-state index in [1.165, 1.54) is 0 Å². The van der Waals surface area contributed by atoms with Crippen LogP contribution in [0.5, 0.6) is 0 Å². The molecular formula is C13H19N5O2S2. The van der Waals surface area contributed by atoms with E-state index in [0.717, 1.165) is 60.0 Å². The molecule has 0 aromatic carbocycles. The van der Waals surface area contributed by atoms with E-state index in [9.17, 15) is 8.42 Å². The second-order valence-electron chi connectivity index (χ2n) is 5.54. The van der Waals surface area contributed by atoms with Gasteiger partial charge in [-0.3, -0.25) is 10.00 Å². The van der Waals surface area contributed by atoms with Crippen molar-refractivity contribution < 1.29 is 8.42 Å². The summed E-state index contributed by atoms with van der Waals surface area (Å²) in [7, 11) is -3.20. The van der Waals surface area contributed by atoms with Crippen LogP contribution in [0, 0.1) is 6.92 Å². The normalized spacial score (nSPS) is 15.9. The predicted octanol–water partition coefficient (Wildman–Crippen LogP) is 0.782. The molecule has 3 heterocycles. The number of aromatic amines is 1. The lowest BCUT2D eigenvalue weighted by Gasteiger charge is -2.25. The van der Waals surface area contributed by atoms with Gasteiger partial charge in [0.25, 0.3) is 0 Å². The molecule has 0 fully saturated rings. The minimum atomic E-state index is -3.20. The first-order valence-electron chi connectivity index (χ1n) is 7.04. The van der Waals surface area contributed by atoms with Crippen molar-refractivity contribution in [3.8, 4) is 0 Å². The Bertz CT molecular complexity index is 765. The molecule has 22 heavy (non-hydrogen) atoms. The molecule has 1 aliphatic rings. The first-order valence-corrected chi connectivity index (χ1v) is 9.81. The molecule has 3 rings (SSSR count). The van der Waals surface area contributed by atoms with Crippen LogP contribution >= 0.6 is 11.3 Å². The van der Waals surface area contributed by atoms with Crippen LogP contribution in [-0.2, 0) is 36.1 Å². The average molecular weight is 341 g/mol. The van der Waals surface area contributed by atoms with E-state index in [-0.39, 0.29) is 6.54 Å². The van der Waals surface area contributed by atoms with Gasteiger partial charge in [0.2, 0.25) is 10.0 Å². The fourth-order valence-corrected chi connectivity index (χ4v) is 3.64. The summed E-state index contributed by atoms with van der Waals surface area (Å²) in [5.41, 5.74) is 4.11. The molecule has 0 unspecified atom stereocenters. The number of rotatable bonds is 5. The molecule has 0 saturated heterocycles. The minimum Gasteiger partial charge on any atom is -0.291 e. The lowest BCUT2D eigenvalue weighted by molar-refractivity contribution is 0.240. The summed E-state index contributed by atoms with van der Waals surface area (Å²) in [6.45, 7) is 4.81. The summed E-state index contributed by atoms with van der Waals surface area (Å²) >= 11 is 1.67. The number of H-pyrrole nitrogens is 1. The highest BCUT2D eigenvalue weighted by molar-refractivity contribution is 7.88. The molecule has 0 aliphatic carbocycles. The molecule has 9 heteroatoms. The third kappa shape index (κ3) is 3.72. The Balaban J connectivity index is 1.65. The fraction of sp³-hybridized carbons (Fsp3) is 0.538. The smallest absolute Gasteiger partial charge is 0.209 e. The number of nitrogens with zero attached hydrogens (tertiary/aromatic N) is 3.